The molecule has 106 valence electrons. The molecule has 1 saturated heterocycles. The number of nitrogens with zero attached hydrogens (tertiary/aromatic N) is 1. The van der Waals surface area contributed by atoms with E-state index in [0.29, 0.717) is 18.8 Å². The number of hydrogen-bond donors (Lipinski definition) is 2. The van der Waals surface area contributed by atoms with Crippen LogP contribution in [0.15, 0.2) is 29.2 Å². The zero-order chi connectivity index (χ0) is 13.7. The van der Waals surface area contributed by atoms with Gasteiger partial charge in [-0.05, 0) is 37.2 Å². The average Bonchev–Trinajstić information content (AvgIpc) is 2.67. The maximum Gasteiger partial charge on any atom is 0.253 e. The summed E-state index contributed by atoms with van der Waals surface area (Å²) in [7, 11) is -1.96. The van der Waals surface area contributed by atoms with Crippen LogP contribution in [0, 0.1) is 0 Å². The Labute approximate surface area is 113 Å². The largest absolute Gasteiger partial charge is 0.497 e. The Hall–Kier alpha value is -1.15. The first kappa shape index (κ1) is 14.3. The molecule has 0 unspecified atom stereocenters. The van der Waals surface area contributed by atoms with E-state index < -0.39 is 10.0 Å². The number of hydrazine groups is 1. The zero-order valence-corrected chi connectivity index (χ0v) is 11.7. The maximum atomic E-state index is 12.2. The minimum atomic E-state index is -3.51. The molecule has 0 atom stereocenters. The van der Waals surface area contributed by atoms with Crippen LogP contribution in [-0.4, -0.2) is 46.7 Å². The van der Waals surface area contributed by atoms with E-state index in [4.69, 9.17) is 4.74 Å². The molecule has 2 rings (SSSR count). The first-order valence-electron chi connectivity index (χ1n) is 6.24. The van der Waals surface area contributed by atoms with Crippen molar-refractivity contribution in [3.05, 3.63) is 24.3 Å². The van der Waals surface area contributed by atoms with E-state index >= 15 is 0 Å². The van der Waals surface area contributed by atoms with Gasteiger partial charge in [-0.25, -0.2) is 13.4 Å². The molecule has 1 aromatic carbocycles. The highest BCUT2D eigenvalue weighted by Gasteiger charge is 2.19. The third-order valence-electron chi connectivity index (χ3n) is 2.96. The van der Waals surface area contributed by atoms with E-state index in [9.17, 15) is 8.42 Å². The molecule has 0 aliphatic carbocycles. The van der Waals surface area contributed by atoms with Crippen molar-refractivity contribution < 1.29 is 13.2 Å². The van der Waals surface area contributed by atoms with Crippen molar-refractivity contribution in [1.82, 2.24) is 15.2 Å². The lowest BCUT2D eigenvalue weighted by atomic mass is 10.3. The highest BCUT2D eigenvalue weighted by Crippen LogP contribution is 2.15. The van der Waals surface area contributed by atoms with Crippen molar-refractivity contribution in [3.8, 4) is 5.75 Å². The van der Waals surface area contributed by atoms with Crippen molar-refractivity contribution in [1.29, 1.82) is 0 Å². The SMILES string of the molecule is COc1ccc(S(=O)(=O)NN2CCCNCC2)cc1. The van der Waals surface area contributed by atoms with Crippen LogP contribution < -0.4 is 14.9 Å². The summed E-state index contributed by atoms with van der Waals surface area (Å²) >= 11 is 0. The molecule has 1 heterocycles. The number of rotatable bonds is 4. The van der Waals surface area contributed by atoms with Gasteiger partial charge < -0.3 is 10.1 Å². The lowest BCUT2D eigenvalue weighted by Gasteiger charge is -2.20. The van der Waals surface area contributed by atoms with Crippen LogP contribution in [0.5, 0.6) is 5.75 Å². The Morgan fingerprint density at radius 1 is 1.21 bits per heavy atom. The second-order valence-corrected chi connectivity index (χ2v) is 6.02. The third kappa shape index (κ3) is 3.90. The smallest absolute Gasteiger partial charge is 0.253 e. The minimum Gasteiger partial charge on any atom is -0.497 e. The summed E-state index contributed by atoms with van der Waals surface area (Å²) in [6, 6.07) is 6.35. The number of nitrogens with one attached hydrogen (secondary N) is 2. The lowest BCUT2D eigenvalue weighted by molar-refractivity contribution is 0.257. The Balaban J connectivity index is 2.07. The molecule has 0 amide bonds. The molecule has 0 radical (unpaired) electrons. The van der Waals surface area contributed by atoms with Crippen molar-refractivity contribution in [3.63, 3.8) is 0 Å². The van der Waals surface area contributed by atoms with E-state index in [1.165, 1.54) is 12.1 Å². The van der Waals surface area contributed by atoms with Gasteiger partial charge in [-0.3, -0.25) is 0 Å². The summed E-state index contributed by atoms with van der Waals surface area (Å²) in [6.45, 7) is 3.07. The third-order valence-corrected chi connectivity index (χ3v) is 4.35. The van der Waals surface area contributed by atoms with Gasteiger partial charge in [-0.1, -0.05) is 0 Å². The molecular weight excluding hydrogens is 266 g/mol. The van der Waals surface area contributed by atoms with Gasteiger partial charge in [0.1, 0.15) is 5.75 Å². The van der Waals surface area contributed by atoms with Gasteiger partial charge in [0.15, 0.2) is 0 Å². The standard InChI is InChI=1S/C12H19N3O3S/c1-18-11-3-5-12(6-4-11)19(16,17)14-15-9-2-7-13-8-10-15/h3-6,13-14H,2,7-10H2,1H3. The molecule has 1 aromatic rings. The van der Waals surface area contributed by atoms with Crippen LogP contribution in [-0.2, 0) is 10.0 Å². The van der Waals surface area contributed by atoms with E-state index in [2.05, 4.69) is 10.1 Å². The summed E-state index contributed by atoms with van der Waals surface area (Å²) in [5, 5.41) is 4.96. The van der Waals surface area contributed by atoms with E-state index in [-0.39, 0.29) is 4.90 Å². The Kier molecular flexibility index (Phi) is 4.76. The van der Waals surface area contributed by atoms with E-state index in [0.717, 1.165) is 19.5 Å². The van der Waals surface area contributed by atoms with Crippen LogP contribution in [0.25, 0.3) is 0 Å². The topological polar surface area (TPSA) is 70.7 Å². The number of hydrogen-bond acceptors (Lipinski definition) is 5. The predicted molar refractivity (Wildman–Crippen MR) is 72.4 cm³/mol. The van der Waals surface area contributed by atoms with Gasteiger partial charge in [0.2, 0.25) is 0 Å². The van der Waals surface area contributed by atoms with Crippen molar-refractivity contribution in [2.24, 2.45) is 0 Å². The average molecular weight is 285 g/mol. The van der Waals surface area contributed by atoms with Crippen LogP contribution in [0.1, 0.15) is 6.42 Å². The molecular formula is C12H19N3O3S. The number of methoxy groups -OCH3 is 1. The summed E-state index contributed by atoms with van der Waals surface area (Å²) in [4.78, 5) is 2.85. The monoisotopic (exact) mass is 285 g/mol. The van der Waals surface area contributed by atoms with Crippen LogP contribution in [0.4, 0.5) is 0 Å². The van der Waals surface area contributed by atoms with Crippen molar-refractivity contribution in [2.45, 2.75) is 11.3 Å². The fourth-order valence-electron chi connectivity index (χ4n) is 1.91. The first-order chi connectivity index (χ1) is 9.12. The Morgan fingerprint density at radius 3 is 2.63 bits per heavy atom. The van der Waals surface area contributed by atoms with Gasteiger partial charge in [0.05, 0.1) is 12.0 Å². The summed E-state index contributed by atoms with van der Waals surface area (Å²) in [5.74, 6) is 0.637. The fourth-order valence-corrected chi connectivity index (χ4v) is 3.04. The molecule has 6 nitrogen and oxygen atoms in total. The van der Waals surface area contributed by atoms with Gasteiger partial charge in [-0.2, -0.15) is 0 Å². The summed E-state index contributed by atoms with van der Waals surface area (Å²) in [6.07, 6.45) is 0.922. The highest BCUT2D eigenvalue weighted by atomic mass is 32.2. The second kappa shape index (κ2) is 6.33. The summed E-state index contributed by atoms with van der Waals surface area (Å²) < 4.78 is 29.4. The number of ether oxygens (including phenoxy) is 1. The first-order valence-corrected chi connectivity index (χ1v) is 7.72. The van der Waals surface area contributed by atoms with Crippen molar-refractivity contribution >= 4 is 10.0 Å². The molecule has 1 aliphatic rings. The molecule has 2 N–H and O–H groups in total. The van der Waals surface area contributed by atoms with Crippen LogP contribution >= 0.6 is 0 Å². The lowest BCUT2D eigenvalue weighted by Crippen LogP contribution is -2.43. The maximum absolute atomic E-state index is 12.2. The van der Waals surface area contributed by atoms with Crippen LogP contribution in [0.2, 0.25) is 0 Å². The quantitative estimate of drug-likeness (QED) is 0.826. The van der Waals surface area contributed by atoms with Gasteiger partial charge >= 0.3 is 0 Å². The van der Waals surface area contributed by atoms with Crippen molar-refractivity contribution in [2.75, 3.05) is 33.3 Å². The Bertz CT molecular complexity index is 493. The number of sulfonamides is 1. The molecule has 0 bridgehead atoms. The second-order valence-electron chi connectivity index (χ2n) is 4.36. The minimum absolute atomic E-state index is 0.241. The highest BCUT2D eigenvalue weighted by molar-refractivity contribution is 7.89. The van der Waals surface area contributed by atoms with E-state index in [1.807, 2.05) is 0 Å². The molecule has 19 heavy (non-hydrogen) atoms. The predicted octanol–water partition coefficient (Wildman–Crippen LogP) is 0.184. The Morgan fingerprint density at radius 2 is 1.95 bits per heavy atom. The number of benzene rings is 1. The molecule has 0 saturated carbocycles. The summed E-state index contributed by atoms with van der Waals surface area (Å²) in [5.41, 5.74) is 0. The zero-order valence-electron chi connectivity index (χ0n) is 10.9. The molecule has 7 heteroatoms. The van der Waals surface area contributed by atoms with Gasteiger partial charge in [-0.15, -0.1) is 4.83 Å². The van der Waals surface area contributed by atoms with Gasteiger partial charge in [0, 0.05) is 19.6 Å². The normalized spacial score (nSPS) is 17.9. The molecule has 0 spiro atoms. The van der Waals surface area contributed by atoms with Crippen LogP contribution in [0.3, 0.4) is 0 Å². The van der Waals surface area contributed by atoms with Gasteiger partial charge in [0.25, 0.3) is 10.0 Å². The molecule has 1 aliphatic heterocycles. The van der Waals surface area contributed by atoms with E-state index in [1.54, 1.807) is 24.3 Å². The molecule has 1 fully saturated rings. The fraction of sp³-hybridized carbons (Fsp3) is 0.500. The molecule has 0 aromatic heterocycles.